The number of rotatable bonds is 6. The molecule has 146 valence electrons. The topological polar surface area (TPSA) is 102 Å². The van der Waals surface area contributed by atoms with Gasteiger partial charge in [-0.05, 0) is 37.5 Å². The molecule has 0 saturated carbocycles. The summed E-state index contributed by atoms with van der Waals surface area (Å²) >= 11 is 0. The number of carbonyl (C=O) groups excluding carboxylic acids is 1. The van der Waals surface area contributed by atoms with Crippen LogP contribution in [-0.4, -0.2) is 38.9 Å². The number of nitrogens with zero attached hydrogens (tertiary/aromatic N) is 2. The number of hydrogen-bond acceptors (Lipinski definition) is 6. The van der Waals surface area contributed by atoms with Crippen LogP contribution in [0.4, 0.5) is 10.5 Å². The molecule has 1 saturated heterocycles. The molecular weight excluding hydrogens is 370 g/mol. The fourth-order valence-electron chi connectivity index (χ4n) is 3.01. The average molecular weight is 393 g/mol. The number of anilines is 1. The van der Waals surface area contributed by atoms with Crippen molar-refractivity contribution >= 4 is 21.8 Å². The van der Waals surface area contributed by atoms with E-state index in [4.69, 9.17) is 9.26 Å². The standard InChI is InChI=1S/C18H23N3O5S/c1-11(2)14-5-7-15(8-6-14)21-10-16(25-18(21)22)9-19-27(23,24)17-12(3)20-26-13(17)4/h5-8,11,16,19H,9-10H2,1-4H3. The first-order valence-electron chi connectivity index (χ1n) is 8.69. The molecule has 0 aliphatic carbocycles. The third-order valence-corrected chi connectivity index (χ3v) is 6.15. The van der Waals surface area contributed by atoms with Gasteiger partial charge in [0, 0.05) is 12.2 Å². The predicted octanol–water partition coefficient (Wildman–Crippen LogP) is 2.72. The second-order valence-corrected chi connectivity index (χ2v) is 8.57. The van der Waals surface area contributed by atoms with Crippen LogP contribution in [0.25, 0.3) is 0 Å². The van der Waals surface area contributed by atoms with Gasteiger partial charge >= 0.3 is 6.09 Å². The van der Waals surface area contributed by atoms with E-state index in [9.17, 15) is 13.2 Å². The number of cyclic esters (lactones) is 1. The second kappa shape index (κ2) is 7.32. The number of ether oxygens (including phenoxy) is 1. The lowest BCUT2D eigenvalue weighted by Gasteiger charge is -2.14. The Bertz CT molecular complexity index is 915. The predicted molar refractivity (Wildman–Crippen MR) is 99.3 cm³/mol. The molecule has 2 aromatic rings. The van der Waals surface area contributed by atoms with Crippen LogP contribution in [0.1, 0.15) is 36.8 Å². The number of aryl methyl sites for hydroxylation is 2. The van der Waals surface area contributed by atoms with Gasteiger partial charge in [0.05, 0.1) is 6.54 Å². The fraction of sp³-hybridized carbons (Fsp3) is 0.444. The summed E-state index contributed by atoms with van der Waals surface area (Å²) in [5, 5.41) is 3.66. The summed E-state index contributed by atoms with van der Waals surface area (Å²) in [5.74, 6) is 0.617. The Morgan fingerprint density at radius 1 is 1.26 bits per heavy atom. The number of carbonyl (C=O) groups is 1. The molecule has 9 heteroatoms. The van der Waals surface area contributed by atoms with Crippen LogP contribution in [0.2, 0.25) is 0 Å². The van der Waals surface area contributed by atoms with E-state index in [0.717, 1.165) is 5.69 Å². The normalized spacial score (nSPS) is 17.6. The van der Waals surface area contributed by atoms with E-state index in [1.54, 1.807) is 6.92 Å². The van der Waals surface area contributed by atoms with E-state index in [2.05, 4.69) is 23.7 Å². The van der Waals surface area contributed by atoms with Crippen molar-refractivity contribution in [3.63, 3.8) is 0 Å². The molecule has 1 unspecified atom stereocenters. The first-order valence-corrected chi connectivity index (χ1v) is 10.2. The van der Waals surface area contributed by atoms with Crippen molar-refractivity contribution < 1.29 is 22.5 Å². The van der Waals surface area contributed by atoms with Gasteiger partial charge in [0.15, 0.2) is 5.76 Å². The molecule has 1 aliphatic rings. The van der Waals surface area contributed by atoms with Crippen molar-refractivity contribution in [1.29, 1.82) is 0 Å². The van der Waals surface area contributed by atoms with Gasteiger partial charge in [-0.25, -0.2) is 17.9 Å². The fourth-order valence-corrected chi connectivity index (χ4v) is 4.40. The Morgan fingerprint density at radius 2 is 1.93 bits per heavy atom. The minimum atomic E-state index is -3.80. The Morgan fingerprint density at radius 3 is 2.48 bits per heavy atom. The molecule has 1 amide bonds. The lowest BCUT2D eigenvalue weighted by Crippen LogP contribution is -2.35. The van der Waals surface area contributed by atoms with Crippen LogP contribution in [0, 0.1) is 13.8 Å². The Kier molecular flexibility index (Phi) is 5.25. The van der Waals surface area contributed by atoms with Crippen LogP contribution >= 0.6 is 0 Å². The quantitative estimate of drug-likeness (QED) is 0.810. The van der Waals surface area contributed by atoms with Gasteiger partial charge < -0.3 is 9.26 Å². The third-order valence-electron chi connectivity index (χ3n) is 4.48. The summed E-state index contributed by atoms with van der Waals surface area (Å²) in [6.07, 6.45) is -1.08. The maximum atomic E-state index is 12.5. The molecule has 0 spiro atoms. The highest BCUT2D eigenvalue weighted by Crippen LogP contribution is 2.25. The first-order chi connectivity index (χ1) is 12.7. The molecule has 1 aliphatic heterocycles. The number of aromatic nitrogens is 1. The molecule has 2 heterocycles. The third kappa shape index (κ3) is 3.98. The van der Waals surface area contributed by atoms with Gasteiger partial charge in [-0.3, -0.25) is 4.90 Å². The van der Waals surface area contributed by atoms with Crippen molar-refractivity contribution in [3.05, 3.63) is 41.3 Å². The monoisotopic (exact) mass is 393 g/mol. The molecule has 3 rings (SSSR count). The average Bonchev–Trinajstić information content (AvgIpc) is 3.15. The molecule has 1 fully saturated rings. The lowest BCUT2D eigenvalue weighted by atomic mass is 10.0. The lowest BCUT2D eigenvalue weighted by molar-refractivity contribution is 0.143. The zero-order valence-electron chi connectivity index (χ0n) is 15.7. The summed E-state index contributed by atoms with van der Waals surface area (Å²) in [5.41, 5.74) is 2.19. The maximum Gasteiger partial charge on any atom is 0.414 e. The van der Waals surface area contributed by atoms with E-state index in [0.29, 0.717) is 5.92 Å². The van der Waals surface area contributed by atoms with Crippen LogP contribution in [0.5, 0.6) is 0 Å². The van der Waals surface area contributed by atoms with E-state index in [-0.39, 0.29) is 29.4 Å². The van der Waals surface area contributed by atoms with Gasteiger partial charge in [0.1, 0.15) is 16.7 Å². The van der Waals surface area contributed by atoms with Gasteiger partial charge in [-0.2, -0.15) is 0 Å². The van der Waals surface area contributed by atoms with Crippen LogP contribution < -0.4 is 9.62 Å². The summed E-state index contributed by atoms with van der Waals surface area (Å²) in [6, 6.07) is 7.68. The summed E-state index contributed by atoms with van der Waals surface area (Å²) in [6.45, 7) is 7.53. The van der Waals surface area contributed by atoms with Crippen molar-refractivity contribution in [1.82, 2.24) is 9.88 Å². The van der Waals surface area contributed by atoms with E-state index >= 15 is 0 Å². The van der Waals surface area contributed by atoms with Gasteiger partial charge in [0.2, 0.25) is 10.0 Å². The summed E-state index contributed by atoms with van der Waals surface area (Å²) in [7, 11) is -3.80. The highest BCUT2D eigenvalue weighted by atomic mass is 32.2. The van der Waals surface area contributed by atoms with E-state index < -0.39 is 22.2 Å². The molecule has 1 aromatic carbocycles. The Hall–Kier alpha value is -2.39. The minimum absolute atomic E-state index is 0.0213. The minimum Gasteiger partial charge on any atom is -0.443 e. The highest BCUT2D eigenvalue weighted by Gasteiger charge is 2.34. The molecule has 1 N–H and O–H groups in total. The van der Waals surface area contributed by atoms with Gasteiger partial charge in [-0.15, -0.1) is 0 Å². The van der Waals surface area contributed by atoms with Gasteiger partial charge in [-0.1, -0.05) is 31.1 Å². The van der Waals surface area contributed by atoms with Crippen molar-refractivity contribution in [2.75, 3.05) is 18.0 Å². The largest absolute Gasteiger partial charge is 0.443 e. The molecular formula is C18H23N3O5S. The van der Waals surface area contributed by atoms with Crippen LogP contribution in [0.3, 0.4) is 0 Å². The number of sulfonamides is 1. The molecule has 27 heavy (non-hydrogen) atoms. The molecule has 1 aromatic heterocycles. The Balaban J connectivity index is 1.66. The zero-order valence-corrected chi connectivity index (χ0v) is 16.5. The molecule has 0 bridgehead atoms. The molecule has 1 atom stereocenters. The van der Waals surface area contributed by atoms with E-state index in [1.807, 2.05) is 24.3 Å². The molecule has 0 radical (unpaired) electrons. The van der Waals surface area contributed by atoms with Crippen LogP contribution in [0.15, 0.2) is 33.7 Å². The smallest absolute Gasteiger partial charge is 0.414 e. The van der Waals surface area contributed by atoms with Gasteiger partial charge in [0.25, 0.3) is 0 Å². The number of benzene rings is 1. The SMILES string of the molecule is Cc1noc(C)c1S(=O)(=O)NCC1CN(c2ccc(C(C)C)cc2)C(=O)O1. The molecule has 8 nitrogen and oxygen atoms in total. The van der Waals surface area contributed by atoms with Crippen LogP contribution in [-0.2, 0) is 14.8 Å². The van der Waals surface area contributed by atoms with Crippen molar-refractivity contribution in [2.45, 2.75) is 44.6 Å². The maximum absolute atomic E-state index is 12.5. The van der Waals surface area contributed by atoms with Crippen molar-refractivity contribution in [2.24, 2.45) is 0 Å². The van der Waals surface area contributed by atoms with E-state index in [1.165, 1.54) is 17.4 Å². The summed E-state index contributed by atoms with van der Waals surface area (Å²) in [4.78, 5) is 13.7. The zero-order chi connectivity index (χ0) is 19.8. The summed E-state index contributed by atoms with van der Waals surface area (Å²) < 4.78 is 37.6. The highest BCUT2D eigenvalue weighted by molar-refractivity contribution is 7.89. The number of amides is 1. The first kappa shape index (κ1) is 19.4. The Labute approximate surface area is 158 Å². The number of hydrogen-bond donors (Lipinski definition) is 1. The second-order valence-electron chi connectivity index (χ2n) is 6.87. The number of nitrogens with one attached hydrogen (secondary N) is 1. The van der Waals surface area contributed by atoms with Crippen molar-refractivity contribution in [3.8, 4) is 0 Å².